The van der Waals surface area contributed by atoms with Crippen LogP contribution < -0.4 is 9.64 Å². The molecule has 0 spiro atoms. The van der Waals surface area contributed by atoms with E-state index in [1.807, 2.05) is 31.2 Å². The highest BCUT2D eigenvalue weighted by molar-refractivity contribution is 5.77. The van der Waals surface area contributed by atoms with Gasteiger partial charge in [-0.2, -0.15) is 0 Å². The molecule has 2 aromatic carbocycles. The predicted molar refractivity (Wildman–Crippen MR) is 110 cm³/mol. The number of likely N-dealkylation sites (tertiary alicyclic amines) is 1. The van der Waals surface area contributed by atoms with E-state index in [1.54, 1.807) is 0 Å². The normalized spacial score (nSPS) is 18.8. The molecule has 0 saturated carbocycles. The van der Waals surface area contributed by atoms with Gasteiger partial charge in [0.1, 0.15) is 0 Å². The number of para-hydroxylation sites is 4. The molecule has 1 atom stereocenters. The van der Waals surface area contributed by atoms with Crippen molar-refractivity contribution in [2.24, 2.45) is 5.92 Å². The number of anilines is 2. The van der Waals surface area contributed by atoms with Crippen LogP contribution in [0.2, 0.25) is 0 Å². The van der Waals surface area contributed by atoms with Gasteiger partial charge in [0.25, 0.3) is 0 Å². The van der Waals surface area contributed by atoms with Gasteiger partial charge in [0.15, 0.2) is 11.5 Å². The van der Waals surface area contributed by atoms with Gasteiger partial charge in [-0.25, -0.2) is 0 Å². The molecule has 0 N–H and O–H groups in total. The van der Waals surface area contributed by atoms with Crippen molar-refractivity contribution in [3.05, 3.63) is 48.5 Å². The van der Waals surface area contributed by atoms with Gasteiger partial charge in [-0.05, 0) is 63.5 Å². The summed E-state index contributed by atoms with van der Waals surface area (Å²) < 4.78 is 11.3. The Morgan fingerprint density at radius 2 is 1.75 bits per heavy atom. The lowest BCUT2D eigenvalue weighted by Crippen LogP contribution is -2.40. The van der Waals surface area contributed by atoms with Crippen molar-refractivity contribution in [2.45, 2.75) is 26.2 Å². The van der Waals surface area contributed by atoms with Gasteiger partial charge in [-0.3, -0.25) is 4.79 Å². The second-order valence-electron chi connectivity index (χ2n) is 7.43. The number of esters is 1. The van der Waals surface area contributed by atoms with Crippen LogP contribution in [0.1, 0.15) is 26.2 Å². The molecule has 0 radical (unpaired) electrons. The number of hydrogen-bond acceptors (Lipinski definition) is 5. The molecule has 2 heterocycles. The number of carbonyl (C=O) groups excluding carboxylic acids is 1. The Balaban J connectivity index is 1.39. The Morgan fingerprint density at radius 3 is 2.43 bits per heavy atom. The summed E-state index contributed by atoms with van der Waals surface area (Å²) in [5.74, 6) is 1.80. The van der Waals surface area contributed by atoms with Crippen LogP contribution in [-0.4, -0.2) is 43.7 Å². The van der Waals surface area contributed by atoms with Gasteiger partial charge in [0.2, 0.25) is 0 Å². The van der Waals surface area contributed by atoms with Crippen molar-refractivity contribution < 1.29 is 14.3 Å². The smallest absolute Gasteiger partial charge is 0.310 e. The summed E-state index contributed by atoms with van der Waals surface area (Å²) in [5.41, 5.74) is 2.23. The van der Waals surface area contributed by atoms with Crippen LogP contribution in [0.15, 0.2) is 48.5 Å². The molecular weight excluding hydrogens is 352 g/mol. The average molecular weight is 380 g/mol. The fourth-order valence-electron chi connectivity index (χ4n) is 4.19. The Kier molecular flexibility index (Phi) is 5.81. The summed E-state index contributed by atoms with van der Waals surface area (Å²) in [6.45, 7) is 6.11. The molecule has 5 heteroatoms. The summed E-state index contributed by atoms with van der Waals surface area (Å²) in [6.07, 6.45) is 3.03. The highest BCUT2D eigenvalue weighted by atomic mass is 16.5. The van der Waals surface area contributed by atoms with Crippen LogP contribution >= 0.6 is 0 Å². The third-order valence-corrected chi connectivity index (χ3v) is 5.51. The van der Waals surface area contributed by atoms with Gasteiger partial charge in [-0.15, -0.1) is 0 Å². The number of fused-ring (bicyclic) bond motifs is 2. The molecule has 4 rings (SSSR count). The fraction of sp³-hybridized carbons (Fsp3) is 0.435. The van der Waals surface area contributed by atoms with Crippen molar-refractivity contribution in [1.29, 1.82) is 0 Å². The largest absolute Gasteiger partial charge is 0.466 e. The van der Waals surface area contributed by atoms with E-state index >= 15 is 0 Å². The van der Waals surface area contributed by atoms with E-state index < -0.39 is 0 Å². The predicted octanol–water partition coefficient (Wildman–Crippen LogP) is 4.60. The molecule has 0 aliphatic carbocycles. The lowest BCUT2D eigenvalue weighted by Gasteiger charge is -2.34. The Bertz CT molecular complexity index is 777. The molecule has 2 aromatic rings. The number of rotatable bonds is 6. The first kappa shape index (κ1) is 18.8. The van der Waals surface area contributed by atoms with E-state index in [-0.39, 0.29) is 11.9 Å². The van der Waals surface area contributed by atoms with Crippen LogP contribution in [0.3, 0.4) is 0 Å². The molecule has 28 heavy (non-hydrogen) atoms. The van der Waals surface area contributed by atoms with Gasteiger partial charge in [-0.1, -0.05) is 24.3 Å². The quantitative estimate of drug-likeness (QED) is 0.686. The molecule has 1 unspecified atom stereocenters. The molecule has 2 aliphatic heterocycles. The maximum absolute atomic E-state index is 12.1. The van der Waals surface area contributed by atoms with Crippen LogP contribution in [0.5, 0.6) is 11.5 Å². The van der Waals surface area contributed by atoms with E-state index in [9.17, 15) is 4.79 Å². The molecule has 1 saturated heterocycles. The van der Waals surface area contributed by atoms with Crippen molar-refractivity contribution in [3.63, 3.8) is 0 Å². The molecular formula is C23H28N2O3. The monoisotopic (exact) mass is 380 g/mol. The van der Waals surface area contributed by atoms with Gasteiger partial charge >= 0.3 is 5.97 Å². The van der Waals surface area contributed by atoms with Crippen LogP contribution in [0, 0.1) is 5.92 Å². The van der Waals surface area contributed by atoms with E-state index in [0.717, 1.165) is 68.3 Å². The van der Waals surface area contributed by atoms with E-state index in [4.69, 9.17) is 9.47 Å². The zero-order valence-corrected chi connectivity index (χ0v) is 16.5. The molecule has 0 bridgehead atoms. The third kappa shape index (κ3) is 3.99. The number of benzene rings is 2. The minimum atomic E-state index is -0.0387. The third-order valence-electron chi connectivity index (χ3n) is 5.51. The van der Waals surface area contributed by atoms with E-state index in [2.05, 4.69) is 34.1 Å². The maximum atomic E-state index is 12.1. The standard InChI is InChI=1S/C23H28N2O3/c1-2-27-23(26)18-9-7-14-24(17-18)15-8-16-25-19-10-3-5-12-21(19)28-22-13-6-4-11-20(22)25/h3-6,10-13,18H,2,7-9,14-17H2,1H3. The molecule has 5 nitrogen and oxygen atoms in total. The number of carbonyl (C=O) groups is 1. The summed E-state index contributed by atoms with van der Waals surface area (Å²) in [6, 6.07) is 16.4. The molecule has 0 amide bonds. The molecule has 148 valence electrons. The molecule has 0 aromatic heterocycles. The van der Waals surface area contributed by atoms with Crippen LogP contribution in [0.25, 0.3) is 0 Å². The second kappa shape index (κ2) is 8.65. The number of hydrogen-bond donors (Lipinski definition) is 0. The summed E-state index contributed by atoms with van der Waals surface area (Å²) in [4.78, 5) is 16.8. The first-order valence-corrected chi connectivity index (χ1v) is 10.3. The van der Waals surface area contributed by atoms with Crippen molar-refractivity contribution in [1.82, 2.24) is 4.90 Å². The lowest BCUT2D eigenvalue weighted by molar-refractivity contribution is -0.149. The summed E-state index contributed by atoms with van der Waals surface area (Å²) >= 11 is 0. The Hall–Kier alpha value is -2.53. The Morgan fingerprint density at radius 1 is 1.07 bits per heavy atom. The minimum absolute atomic E-state index is 0.0264. The second-order valence-corrected chi connectivity index (χ2v) is 7.43. The maximum Gasteiger partial charge on any atom is 0.310 e. The minimum Gasteiger partial charge on any atom is -0.466 e. The van der Waals surface area contributed by atoms with Gasteiger partial charge in [0, 0.05) is 13.1 Å². The SMILES string of the molecule is CCOC(=O)C1CCCN(CCCN2c3ccccc3Oc3ccccc32)C1. The summed E-state index contributed by atoms with van der Waals surface area (Å²) in [5, 5.41) is 0. The highest BCUT2D eigenvalue weighted by Crippen LogP contribution is 2.46. The topological polar surface area (TPSA) is 42.0 Å². The van der Waals surface area contributed by atoms with Crippen molar-refractivity contribution in [3.8, 4) is 11.5 Å². The number of piperidine rings is 1. The van der Waals surface area contributed by atoms with Gasteiger partial charge < -0.3 is 19.3 Å². The zero-order chi connectivity index (χ0) is 19.3. The van der Waals surface area contributed by atoms with Gasteiger partial charge in [0.05, 0.1) is 23.9 Å². The van der Waals surface area contributed by atoms with Crippen LogP contribution in [-0.2, 0) is 9.53 Å². The zero-order valence-electron chi connectivity index (χ0n) is 16.5. The first-order chi connectivity index (χ1) is 13.8. The van der Waals surface area contributed by atoms with Crippen molar-refractivity contribution >= 4 is 17.3 Å². The van der Waals surface area contributed by atoms with Crippen molar-refractivity contribution in [2.75, 3.05) is 37.7 Å². The summed E-state index contributed by atoms with van der Waals surface area (Å²) in [7, 11) is 0. The molecule has 2 aliphatic rings. The Labute approximate surface area is 166 Å². The lowest BCUT2D eigenvalue weighted by atomic mass is 9.98. The van der Waals surface area contributed by atoms with E-state index in [0.29, 0.717) is 6.61 Å². The fourth-order valence-corrected chi connectivity index (χ4v) is 4.19. The number of nitrogens with zero attached hydrogens (tertiary/aromatic N) is 2. The van der Waals surface area contributed by atoms with E-state index in [1.165, 1.54) is 0 Å². The van der Waals surface area contributed by atoms with Crippen LogP contribution in [0.4, 0.5) is 11.4 Å². The molecule has 1 fully saturated rings. The number of ether oxygens (including phenoxy) is 2. The highest BCUT2D eigenvalue weighted by Gasteiger charge is 2.27. The first-order valence-electron chi connectivity index (χ1n) is 10.3. The average Bonchev–Trinajstić information content (AvgIpc) is 2.73.